The largest absolute Gasteiger partial charge is 0.468 e. The van der Waals surface area contributed by atoms with Crippen LogP contribution in [-0.2, 0) is 24.8 Å². The van der Waals surface area contributed by atoms with Crippen molar-refractivity contribution in [2.75, 3.05) is 37.5 Å². The van der Waals surface area contributed by atoms with Crippen molar-refractivity contribution in [2.45, 2.75) is 31.1 Å². The molecule has 1 aromatic rings. The Balaban J connectivity index is 1.65. The predicted molar refractivity (Wildman–Crippen MR) is 102 cm³/mol. The van der Waals surface area contributed by atoms with Gasteiger partial charge in [0.25, 0.3) is 0 Å². The van der Waals surface area contributed by atoms with Crippen LogP contribution >= 0.6 is 0 Å². The number of methoxy groups -OCH3 is 1. The molecule has 2 aliphatic rings. The molecular weight excluding hydrogens is 368 g/mol. The highest BCUT2D eigenvalue weighted by molar-refractivity contribution is 7.91. The van der Waals surface area contributed by atoms with Crippen LogP contribution in [0.25, 0.3) is 0 Å². The minimum Gasteiger partial charge on any atom is -0.468 e. The number of rotatable bonds is 5. The second-order valence-corrected chi connectivity index (χ2v) is 9.82. The number of nitrogens with one attached hydrogen (secondary N) is 1. The second kappa shape index (κ2) is 7.50. The van der Waals surface area contributed by atoms with Gasteiger partial charge in [0.1, 0.15) is 0 Å². The molecule has 2 amide bonds. The number of benzene rings is 1. The van der Waals surface area contributed by atoms with Crippen LogP contribution in [0.2, 0.25) is 0 Å². The SMILES string of the molecule is COC(=O)C1(c2cccc(NC(=O)N(C)CC3CCS(=O)(=O)C3)c2)CCC1. The minimum atomic E-state index is -2.96. The number of nitrogens with zero attached hydrogens (tertiary/aromatic N) is 1. The number of carbonyl (C=O) groups is 2. The first-order valence-electron chi connectivity index (χ1n) is 9.17. The summed E-state index contributed by atoms with van der Waals surface area (Å²) < 4.78 is 28.1. The van der Waals surface area contributed by atoms with Crippen LogP contribution in [0.5, 0.6) is 0 Å². The zero-order valence-corrected chi connectivity index (χ0v) is 16.5. The number of anilines is 1. The van der Waals surface area contributed by atoms with E-state index >= 15 is 0 Å². The van der Waals surface area contributed by atoms with Gasteiger partial charge in [-0.25, -0.2) is 13.2 Å². The van der Waals surface area contributed by atoms with Crippen LogP contribution in [0, 0.1) is 5.92 Å². The van der Waals surface area contributed by atoms with Crippen molar-refractivity contribution in [3.63, 3.8) is 0 Å². The lowest BCUT2D eigenvalue weighted by molar-refractivity contribution is -0.151. The van der Waals surface area contributed by atoms with Gasteiger partial charge in [0.2, 0.25) is 0 Å². The molecule has 1 N–H and O–H groups in total. The van der Waals surface area contributed by atoms with E-state index in [-0.39, 0.29) is 29.4 Å². The molecule has 1 atom stereocenters. The van der Waals surface area contributed by atoms with Crippen LogP contribution in [0.4, 0.5) is 10.5 Å². The Morgan fingerprint density at radius 3 is 2.63 bits per heavy atom. The lowest BCUT2D eigenvalue weighted by Gasteiger charge is -2.39. The lowest BCUT2D eigenvalue weighted by Crippen LogP contribution is -2.43. The molecule has 27 heavy (non-hydrogen) atoms. The third-order valence-electron chi connectivity index (χ3n) is 5.66. The number of sulfone groups is 1. The monoisotopic (exact) mass is 394 g/mol. The normalized spacial score (nSPS) is 22.5. The van der Waals surface area contributed by atoms with Gasteiger partial charge in [-0.05, 0) is 42.9 Å². The van der Waals surface area contributed by atoms with Crippen molar-refractivity contribution in [2.24, 2.45) is 5.92 Å². The molecule has 1 saturated carbocycles. The Morgan fingerprint density at radius 2 is 2.07 bits per heavy atom. The van der Waals surface area contributed by atoms with E-state index in [2.05, 4.69) is 5.32 Å². The summed E-state index contributed by atoms with van der Waals surface area (Å²) >= 11 is 0. The van der Waals surface area contributed by atoms with Crippen molar-refractivity contribution in [3.05, 3.63) is 29.8 Å². The Morgan fingerprint density at radius 1 is 1.33 bits per heavy atom. The first kappa shape index (κ1) is 19.7. The van der Waals surface area contributed by atoms with Crippen LogP contribution < -0.4 is 5.32 Å². The molecule has 2 fully saturated rings. The van der Waals surface area contributed by atoms with E-state index in [0.29, 0.717) is 18.7 Å². The molecule has 7 nitrogen and oxygen atoms in total. The molecule has 0 bridgehead atoms. The standard InChI is InChI=1S/C19H26N2O5S/c1-21(12-14-7-10-27(24,25)13-14)18(23)20-16-6-3-5-15(11-16)19(8-4-9-19)17(22)26-2/h3,5-6,11,14H,4,7-10,12-13H2,1-2H3,(H,20,23). The van der Waals surface area contributed by atoms with Crippen molar-refractivity contribution in [3.8, 4) is 0 Å². The number of esters is 1. The molecule has 8 heteroatoms. The van der Waals surface area contributed by atoms with Gasteiger partial charge >= 0.3 is 12.0 Å². The van der Waals surface area contributed by atoms with Crippen molar-refractivity contribution in [1.82, 2.24) is 4.90 Å². The van der Waals surface area contributed by atoms with E-state index in [9.17, 15) is 18.0 Å². The summed E-state index contributed by atoms with van der Waals surface area (Å²) in [6.07, 6.45) is 3.05. The smallest absolute Gasteiger partial charge is 0.321 e. The van der Waals surface area contributed by atoms with Gasteiger partial charge in [-0.1, -0.05) is 18.6 Å². The zero-order valence-electron chi connectivity index (χ0n) is 15.7. The second-order valence-electron chi connectivity index (χ2n) is 7.59. The maximum absolute atomic E-state index is 12.5. The topological polar surface area (TPSA) is 92.8 Å². The Hall–Kier alpha value is -2.09. The molecule has 1 unspecified atom stereocenters. The molecule has 1 heterocycles. The molecule has 1 aliphatic carbocycles. The fourth-order valence-corrected chi connectivity index (χ4v) is 5.79. The first-order valence-corrected chi connectivity index (χ1v) is 11.0. The summed E-state index contributed by atoms with van der Waals surface area (Å²) in [6, 6.07) is 7.01. The van der Waals surface area contributed by atoms with Gasteiger partial charge in [-0.15, -0.1) is 0 Å². The average Bonchev–Trinajstić information content (AvgIpc) is 2.92. The van der Waals surface area contributed by atoms with Crippen molar-refractivity contribution in [1.29, 1.82) is 0 Å². The summed E-state index contributed by atoms with van der Waals surface area (Å²) in [5, 5.41) is 2.84. The molecule has 0 spiro atoms. The Bertz CT molecular complexity index is 832. The third kappa shape index (κ3) is 4.10. The van der Waals surface area contributed by atoms with E-state index in [4.69, 9.17) is 4.74 Å². The highest BCUT2D eigenvalue weighted by atomic mass is 32.2. The number of hydrogen-bond acceptors (Lipinski definition) is 5. The van der Waals surface area contributed by atoms with E-state index in [0.717, 1.165) is 24.8 Å². The van der Waals surface area contributed by atoms with Gasteiger partial charge in [0, 0.05) is 19.3 Å². The Kier molecular flexibility index (Phi) is 5.46. The highest BCUT2D eigenvalue weighted by Crippen LogP contribution is 2.45. The molecular formula is C19H26N2O5S. The number of urea groups is 1. The van der Waals surface area contributed by atoms with Crippen molar-refractivity contribution < 1.29 is 22.7 Å². The van der Waals surface area contributed by atoms with Crippen LogP contribution in [-0.4, -0.2) is 57.5 Å². The summed E-state index contributed by atoms with van der Waals surface area (Å²) in [5.41, 5.74) is 0.848. The summed E-state index contributed by atoms with van der Waals surface area (Å²) in [6.45, 7) is 0.400. The van der Waals surface area contributed by atoms with Gasteiger partial charge in [0.15, 0.2) is 9.84 Å². The summed E-state index contributed by atoms with van der Waals surface area (Å²) in [7, 11) is 0.0967. The quantitative estimate of drug-likeness (QED) is 0.773. The molecule has 1 aromatic carbocycles. The number of ether oxygens (including phenoxy) is 1. The van der Waals surface area contributed by atoms with Crippen molar-refractivity contribution >= 4 is 27.5 Å². The first-order chi connectivity index (χ1) is 12.8. The van der Waals surface area contributed by atoms with Gasteiger partial charge in [-0.3, -0.25) is 4.79 Å². The van der Waals surface area contributed by atoms with Crippen LogP contribution in [0.3, 0.4) is 0 Å². The van der Waals surface area contributed by atoms with E-state index in [1.54, 1.807) is 13.1 Å². The fourth-order valence-electron chi connectivity index (χ4n) is 3.94. The van der Waals surface area contributed by atoms with Gasteiger partial charge < -0.3 is 15.0 Å². The molecule has 148 valence electrons. The van der Waals surface area contributed by atoms with Gasteiger partial charge in [0.05, 0.1) is 24.0 Å². The molecule has 1 aliphatic heterocycles. The summed E-state index contributed by atoms with van der Waals surface area (Å²) in [5.74, 6) is 0.0819. The fraction of sp³-hybridized carbons (Fsp3) is 0.579. The molecule has 0 radical (unpaired) electrons. The number of hydrogen-bond donors (Lipinski definition) is 1. The number of amides is 2. The number of carbonyl (C=O) groups excluding carboxylic acids is 2. The van der Waals surface area contributed by atoms with Crippen LogP contribution in [0.15, 0.2) is 24.3 Å². The van der Waals surface area contributed by atoms with Crippen LogP contribution in [0.1, 0.15) is 31.2 Å². The minimum absolute atomic E-state index is 0.0188. The summed E-state index contributed by atoms with van der Waals surface area (Å²) in [4.78, 5) is 26.2. The van der Waals surface area contributed by atoms with Gasteiger partial charge in [-0.2, -0.15) is 0 Å². The predicted octanol–water partition coefficient (Wildman–Crippen LogP) is 2.18. The highest BCUT2D eigenvalue weighted by Gasteiger charge is 2.46. The molecule has 1 saturated heterocycles. The lowest BCUT2D eigenvalue weighted by atomic mass is 9.64. The van der Waals surface area contributed by atoms with E-state index in [1.165, 1.54) is 12.0 Å². The van der Waals surface area contributed by atoms with E-state index in [1.807, 2.05) is 18.2 Å². The maximum Gasteiger partial charge on any atom is 0.321 e. The molecule has 0 aromatic heterocycles. The zero-order chi connectivity index (χ0) is 19.7. The average molecular weight is 394 g/mol. The Labute approximate surface area is 160 Å². The van der Waals surface area contributed by atoms with E-state index < -0.39 is 15.3 Å². The maximum atomic E-state index is 12.5. The third-order valence-corrected chi connectivity index (χ3v) is 7.49. The molecule has 3 rings (SSSR count).